The van der Waals surface area contributed by atoms with Gasteiger partial charge in [-0.05, 0) is 0 Å². The predicted octanol–water partition coefficient (Wildman–Crippen LogP) is -0.349. The zero-order valence-corrected chi connectivity index (χ0v) is 10.6. The van der Waals surface area contributed by atoms with Crippen molar-refractivity contribution in [3.8, 4) is 0 Å². The summed E-state index contributed by atoms with van der Waals surface area (Å²) in [6.45, 7) is -1.78. The number of carbonyl (C=O) groups excluding carboxylic acids is 2. The first kappa shape index (κ1) is 16.4. The van der Waals surface area contributed by atoms with E-state index < -0.39 is 24.9 Å². The van der Waals surface area contributed by atoms with Gasteiger partial charge in [0.05, 0.1) is 24.7 Å². The van der Waals surface area contributed by atoms with Crippen LogP contribution in [0.5, 0.6) is 0 Å². The van der Waals surface area contributed by atoms with Crippen LogP contribution in [0.1, 0.15) is 0 Å². The number of nitrogens with one attached hydrogen (secondary N) is 1. The zero-order valence-electron chi connectivity index (χ0n) is 8.95. The number of thioether (sulfide) groups is 1. The maximum atomic E-state index is 12.7. The van der Waals surface area contributed by atoms with Gasteiger partial charge in [0.2, 0.25) is 11.8 Å². The number of amides is 2. The van der Waals surface area contributed by atoms with E-state index in [2.05, 4.69) is 0 Å². The second kappa shape index (κ2) is 6.97. The SMILES string of the molecule is Cl.NCC(F)(F)CNC(=O)CN1CSCC1=O. The van der Waals surface area contributed by atoms with Crippen molar-refractivity contribution < 1.29 is 18.4 Å². The Balaban J connectivity index is 0.00000256. The molecule has 1 aliphatic heterocycles. The third kappa shape index (κ3) is 5.51. The van der Waals surface area contributed by atoms with Crippen molar-refractivity contribution in [3.63, 3.8) is 0 Å². The smallest absolute Gasteiger partial charge is 0.277 e. The average Bonchev–Trinajstić information content (AvgIpc) is 2.62. The highest BCUT2D eigenvalue weighted by Crippen LogP contribution is 2.14. The number of hydrogen-bond acceptors (Lipinski definition) is 4. The van der Waals surface area contributed by atoms with Crippen LogP contribution in [0.4, 0.5) is 8.78 Å². The minimum Gasteiger partial charge on any atom is -0.348 e. The number of nitrogens with two attached hydrogens (primary N) is 1. The van der Waals surface area contributed by atoms with Crippen LogP contribution < -0.4 is 11.1 Å². The average molecular weight is 290 g/mol. The molecule has 5 nitrogen and oxygen atoms in total. The molecule has 0 aromatic rings. The molecule has 0 aromatic carbocycles. The Labute approximate surface area is 108 Å². The van der Waals surface area contributed by atoms with Gasteiger partial charge in [0.1, 0.15) is 6.54 Å². The molecule has 100 valence electrons. The lowest BCUT2D eigenvalue weighted by Gasteiger charge is -2.17. The molecule has 0 aliphatic carbocycles. The van der Waals surface area contributed by atoms with Gasteiger partial charge in [-0.2, -0.15) is 0 Å². The Morgan fingerprint density at radius 1 is 1.59 bits per heavy atom. The summed E-state index contributed by atoms with van der Waals surface area (Å²) in [5.74, 6) is -3.07. The van der Waals surface area contributed by atoms with Crippen molar-refractivity contribution in [2.24, 2.45) is 5.73 Å². The molecule has 1 saturated heterocycles. The molecule has 2 amide bonds. The third-order valence-corrected chi connectivity index (χ3v) is 2.95. The van der Waals surface area contributed by atoms with Crippen LogP contribution in [0, 0.1) is 0 Å². The molecular weight excluding hydrogens is 276 g/mol. The molecule has 1 heterocycles. The first-order valence-corrected chi connectivity index (χ1v) is 5.80. The summed E-state index contributed by atoms with van der Waals surface area (Å²) in [4.78, 5) is 23.7. The summed E-state index contributed by atoms with van der Waals surface area (Å²) in [7, 11) is 0. The fourth-order valence-corrected chi connectivity index (χ4v) is 1.97. The van der Waals surface area contributed by atoms with E-state index in [1.807, 2.05) is 5.32 Å². The second-order valence-electron chi connectivity index (χ2n) is 3.41. The standard InChI is InChI=1S/C8H13F2N3O2S.ClH/c9-8(10,3-11)4-12-6(14)1-13-5-16-2-7(13)15;/h1-5,11H2,(H,12,14);1H. The van der Waals surface area contributed by atoms with Crippen molar-refractivity contribution in [2.45, 2.75) is 5.92 Å². The molecule has 0 aromatic heterocycles. The number of hydrogen-bond donors (Lipinski definition) is 2. The van der Waals surface area contributed by atoms with Crippen LogP contribution in [0.25, 0.3) is 0 Å². The molecule has 3 N–H and O–H groups in total. The molecule has 0 atom stereocenters. The first-order valence-electron chi connectivity index (χ1n) is 4.65. The van der Waals surface area contributed by atoms with Crippen molar-refractivity contribution in [1.29, 1.82) is 0 Å². The van der Waals surface area contributed by atoms with E-state index >= 15 is 0 Å². The molecule has 1 fully saturated rings. The van der Waals surface area contributed by atoms with Crippen molar-refractivity contribution in [3.05, 3.63) is 0 Å². The zero-order chi connectivity index (χ0) is 12.2. The van der Waals surface area contributed by atoms with Crippen molar-refractivity contribution in [1.82, 2.24) is 10.2 Å². The van der Waals surface area contributed by atoms with E-state index in [1.165, 1.54) is 16.7 Å². The summed E-state index contributed by atoms with van der Waals surface area (Å²) in [6, 6.07) is 0. The summed E-state index contributed by atoms with van der Waals surface area (Å²) >= 11 is 1.39. The molecule has 0 spiro atoms. The largest absolute Gasteiger partial charge is 0.348 e. The highest BCUT2D eigenvalue weighted by atomic mass is 35.5. The fourth-order valence-electron chi connectivity index (χ4n) is 1.07. The summed E-state index contributed by atoms with van der Waals surface area (Å²) in [5.41, 5.74) is 4.81. The lowest BCUT2D eigenvalue weighted by atomic mass is 10.3. The van der Waals surface area contributed by atoms with E-state index in [9.17, 15) is 18.4 Å². The minimum atomic E-state index is -3.10. The molecule has 0 saturated carbocycles. The van der Waals surface area contributed by atoms with Gasteiger partial charge in [0.25, 0.3) is 5.92 Å². The highest BCUT2D eigenvalue weighted by Gasteiger charge is 2.28. The number of alkyl halides is 2. The van der Waals surface area contributed by atoms with Gasteiger partial charge in [0, 0.05) is 0 Å². The quantitative estimate of drug-likeness (QED) is 0.725. The molecule has 1 aliphatic rings. The maximum absolute atomic E-state index is 12.7. The van der Waals surface area contributed by atoms with Crippen molar-refractivity contribution >= 4 is 36.0 Å². The molecular formula is C8H14ClF2N3O2S. The molecule has 0 unspecified atom stereocenters. The monoisotopic (exact) mass is 289 g/mol. The van der Waals surface area contributed by atoms with Crippen molar-refractivity contribution in [2.75, 3.05) is 31.3 Å². The molecule has 1 rings (SSSR count). The van der Waals surface area contributed by atoms with Gasteiger partial charge < -0.3 is 16.0 Å². The Morgan fingerprint density at radius 3 is 2.71 bits per heavy atom. The Hall–Kier alpha value is -0.600. The fraction of sp³-hybridized carbons (Fsp3) is 0.750. The molecule has 0 radical (unpaired) electrons. The number of carbonyl (C=O) groups is 2. The van der Waals surface area contributed by atoms with Crippen LogP contribution in [0.3, 0.4) is 0 Å². The molecule has 17 heavy (non-hydrogen) atoms. The Kier molecular flexibility index (Phi) is 6.73. The second-order valence-corrected chi connectivity index (χ2v) is 4.36. The summed E-state index contributed by atoms with van der Waals surface area (Å²) < 4.78 is 25.4. The molecule has 0 bridgehead atoms. The number of halogens is 3. The van der Waals surface area contributed by atoms with Crippen LogP contribution in [0.2, 0.25) is 0 Å². The first-order chi connectivity index (χ1) is 7.44. The van der Waals surface area contributed by atoms with Crippen LogP contribution in [0.15, 0.2) is 0 Å². The third-order valence-electron chi connectivity index (χ3n) is 2.00. The van der Waals surface area contributed by atoms with Gasteiger partial charge in [-0.15, -0.1) is 24.2 Å². The van der Waals surface area contributed by atoms with E-state index in [1.54, 1.807) is 0 Å². The number of nitrogens with zero attached hydrogens (tertiary/aromatic N) is 1. The summed E-state index contributed by atoms with van der Waals surface area (Å²) in [5, 5.41) is 2.05. The summed E-state index contributed by atoms with van der Waals surface area (Å²) in [6.07, 6.45) is 0. The van der Waals surface area contributed by atoms with Gasteiger partial charge in [-0.3, -0.25) is 9.59 Å². The number of rotatable bonds is 5. The lowest BCUT2D eigenvalue weighted by molar-refractivity contribution is -0.133. The van der Waals surface area contributed by atoms with E-state index in [4.69, 9.17) is 5.73 Å². The lowest BCUT2D eigenvalue weighted by Crippen LogP contribution is -2.45. The van der Waals surface area contributed by atoms with Gasteiger partial charge in [-0.25, -0.2) is 8.78 Å². The highest BCUT2D eigenvalue weighted by molar-refractivity contribution is 8.00. The van der Waals surface area contributed by atoms with Crippen LogP contribution >= 0.6 is 24.2 Å². The predicted molar refractivity (Wildman–Crippen MR) is 63.3 cm³/mol. The van der Waals surface area contributed by atoms with Gasteiger partial charge >= 0.3 is 0 Å². The molecule has 9 heteroatoms. The van der Waals surface area contributed by atoms with E-state index in [0.717, 1.165) is 0 Å². The Morgan fingerprint density at radius 2 is 2.24 bits per heavy atom. The Bertz CT molecular complexity index is 294. The van der Waals surface area contributed by atoms with Crippen LogP contribution in [-0.2, 0) is 9.59 Å². The maximum Gasteiger partial charge on any atom is 0.277 e. The van der Waals surface area contributed by atoms with Gasteiger partial charge in [-0.1, -0.05) is 0 Å². The topological polar surface area (TPSA) is 75.4 Å². The minimum absolute atomic E-state index is 0. The van der Waals surface area contributed by atoms with E-state index in [-0.39, 0.29) is 24.9 Å². The van der Waals surface area contributed by atoms with Gasteiger partial charge in [0.15, 0.2) is 0 Å². The van der Waals surface area contributed by atoms with E-state index in [0.29, 0.717) is 11.6 Å². The van der Waals surface area contributed by atoms with Crippen LogP contribution in [-0.4, -0.2) is 53.9 Å². The normalized spacial score (nSPS) is 15.7.